The van der Waals surface area contributed by atoms with Crippen molar-refractivity contribution in [2.24, 2.45) is 5.73 Å². The summed E-state index contributed by atoms with van der Waals surface area (Å²) in [6.45, 7) is 7.33. The fourth-order valence-electron chi connectivity index (χ4n) is 2.32. The highest BCUT2D eigenvalue weighted by Crippen LogP contribution is 2.16. The maximum absolute atomic E-state index is 6.07. The third-order valence-corrected chi connectivity index (χ3v) is 4.45. The third-order valence-electron chi connectivity index (χ3n) is 3.71. The molecule has 0 radical (unpaired) electrons. The second kappa shape index (κ2) is 6.35. The number of aryl methyl sites for hydroxylation is 3. The van der Waals surface area contributed by atoms with Crippen molar-refractivity contribution in [1.29, 1.82) is 0 Å². The Hall–Kier alpha value is -1.13. The van der Waals surface area contributed by atoms with Gasteiger partial charge in [0.15, 0.2) is 0 Å². The molecule has 0 fully saturated rings. The summed E-state index contributed by atoms with van der Waals surface area (Å²) in [7, 11) is 0. The van der Waals surface area contributed by atoms with Crippen LogP contribution in [0.2, 0.25) is 0 Å². The van der Waals surface area contributed by atoms with E-state index in [9.17, 15) is 0 Å². The number of hydrogen-bond donors (Lipinski definition) is 1. The molecular weight excluding hydrogens is 254 g/mol. The number of thiophene rings is 1. The average Bonchev–Trinajstić information content (AvgIpc) is 2.99. The van der Waals surface area contributed by atoms with Crippen molar-refractivity contribution in [2.45, 2.75) is 52.6 Å². The lowest BCUT2D eigenvalue weighted by Gasteiger charge is -2.09. The van der Waals surface area contributed by atoms with Crippen molar-refractivity contribution >= 4 is 11.3 Å². The molecule has 0 bridgehead atoms. The van der Waals surface area contributed by atoms with Gasteiger partial charge in [-0.2, -0.15) is 16.4 Å². The molecule has 0 spiro atoms. The number of hydrogen-bond acceptors (Lipinski definition) is 3. The number of aromatic nitrogens is 2. The van der Waals surface area contributed by atoms with Crippen molar-refractivity contribution in [3.05, 3.63) is 39.3 Å². The van der Waals surface area contributed by atoms with E-state index in [0.717, 1.165) is 31.5 Å². The molecule has 0 aliphatic rings. The van der Waals surface area contributed by atoms with Crippen LogP contribution in [0, 0.1) is 13.8 Å². The fraction of sp³-hybridized carbons (Fsp3) is 0.533. The van der Waals surface area contributed by atoms with E-state index in [0.29, 0.717) is 0 Å². The molecule has 2 aromatic rings. The molecule has 4 heteroatoms. The molecule has 0 aliphatic heterocycles. The topological polar surface area (TPSA) is 43.8 Å². The van der Waals surface area contributed by atoms with Crippen LogP contribution in [0.5, 0.6) is 0 Å². The molecule has 19 heavy (non-hydrogen) atoms. The lowest BCUT2D eigenvalue weighted by molar-refractivity contribution is 0.591. The minimum absolute atomic E-state index is 0.243. The molecule has 2 heterocycles. The van der Waals surface area contributed by atoms with E-state index in [1.165, 1.54) is 16.8 Å². The molecule has 104 valence electrons. The van der Waals surface area contributed by atoms with Crippen molar-refractivity contribution in [1.82, 2.24) is 9.78 Å². The molecule has 2 aromatic heterocycles. The quantitative estimate of drug-likeness (QED) is 0.882. The number of nitrogens with zero attached hydrogens (tertiary/aromatic N) is 2. The summed E-state index contributed by atoms with van der Waals surface area (Å²) >= 11 is 1.75. The molecule has 2 N–H and O–H groups in total. The van der Waals surface area contributed by atoms with Crippen LogP contribution >= 0.6 is 11.3 Å². The van der Waals surface area contributed by atoms with Gasteiger partial charge in [0.1, 0.15) is 0 Å². The normalized spacial score (nSPS) is 12.8. The average molecular weight is 277 g/mol. The van der Waals surface area contributed by atoms with Crippen LogP contribution in [-0.4, -0.2) is 15.8 Å². The lowest BCUT2D eigenvalue weighted by Crippen LogP contribution is -2.22. The van der Waals surface area contributed by atoms with Crippen molar-refractivity contribution in [3.63, 3.8) is 0 Å². The van der Waals surface area contributed by atoms with Gasteiger partial charge in [-0.05, 0) is 61.1 Å². The first-order valence-electron chi connectivity index (χ1n) is 6.91. The summed E-state index contributed by atoms with van der Waals surface area (Å²) < 4.78 is 2.13. The van der Waals surface area contributed by atoms with Gasteiger partial charge in [-0.3, -0.25) is 4.68 Å². The highest BCUT2D eigenvalue weighted by atomic mass is 32.1. The Balaban J connectivity index is 2.07. The Labute approximate surface area is 119 Å². The van der Waals surface area contributed by atoms with Crippen molar-refractivity contribution in [2.75, 3.05) is 0 Å². The highest BCUT2D eigenvalue weighted by molar-refractivity contribution is 7.07. The molecule has 0 aliphatic carbocycles. The monoisotopic (exact) mass is 277 g/mol. The van der Waals surface area contributed by atoms with E-state index in [1.54, 1.807) is 11.3 Å². The van der Waals surface area contributed by atoms with Gasteiger partial charge in [0.2, 0.25) is 0 Å². The molecule has 0 saturated heterocycles. The summed E-state index contributed by atoms with van der Waals surface area (Å²) in [4.78, 5) is 0. The van der Waals surface area contributed by atoms with Crippen LogP contribution in [0.1, 0.15) is 35.9 Å². The molecule has 0 saturated carbocycles. The van der Waals surface area contributed by atoms with Gasteiger partial charge < -0.3 is 5.73 Å². The van der Waals surface area contributed by atoms with E-state index >= 15 is 0 Å². The van der Waals surface area contributed by atoms with Crippen LogP contribution in [-0.2, 0) is 19.4 Å². The fourth-order valence-corrected chi connectivity index (χ4v) is 3.03. The summed E-state index contributed by atoms with van der Waals surface area (Å²) in [5.74, 6) is 0. The molecule has 2 rings (SSSR count). The van der Waals surface area contributed by atoms with Gasteiger partial charge in [0.25, 0.3) is 0 Å². The first-order valence-corrected chi connectivity index (χ1v) is 7.85. The van der Waals surface area contributed by atoms with Crippen LogP contribution in [0.3, 0.4) is 0 Å². The van der Waals surface area contributed by atoms with E-state index in [-0.39, 0.29) is 6.04 Å². The zero-order chi connectivity index (χ0) is 13.8. The van der Waals surface area contributed by atoms with Crippen molar-refractivity contribution < 1.29 is 0 Å². The number of nitrogens with two attached hydrogens (primary N) is 1. The Bertz CT molecular complexity index is 514. The third kappa shape index (κ3) is 3.45. The molecule has 3 nitrogen and oxygen atoms in total. The van der Waals surface area contributed by atoms with Gasteiger partial charge in [-0.1, -0.05) is 6.92 Å². The molecule has 1 atom stereocenters. The lowest BCUT2D eigenvalue weighted by atomic mass is 10.0. The van der Waals surface area contributed by atoms with Gasteiger partial charge in [0, 0.05) is 18.3 Å². The predicted octanol–water partition coefficient (Wildman–Crippen LogP) is 3.08. The van der Waals surface area contributed by atoms with Crippen LogP contribution in [0.4, 0.5) is 0 Å². The smallest absolute Gasteiger partial charge is 0.0629 e. The van der Waals surface area contributed by atoms with E-state index in [2.05, 4.69) is 47.4 Å². The Morgan fingerprint density at radius 1 is 1.42 bits per heavy atom. The predicted molar refractivity (Wildman–Crippen MR) is 81.7 cm³/mol. The SMILES string of the molecule is CCC(N)Cc1c(C)nn(CCc2ccsc2)c1C. The van der Waals surface area contributed by atoms with Crippen molar-refractivity contribution in [3.8, 4) is 0 Å². The van der Waals surface area contributed by atoms with E-state index < -0.39 is 0 Å². The van der Waals surface area contributed by atoms with E-state index in [4.69, 9.17) is 5.73 Å². The zero-order valence-electron chi connectivity index (χ0n) is 12.0. The highest BCUT2D eigenvalue weighted by Gasteiger charge is 2.13. The summed E-state index contributed by atoms with van der Waals surface area (Å²) in [6.07, 6.45) is 3.00. The van der Waals surface area contributed by atoms with Gasteiger partial charge in [-0.15, -0.1) is 0 Å². The summed E-state index contributed by atoms with van der Waals surface area (Å²) in [5.41, 5.74) is 11.2. The standard InChI is InChI=1S/C15H23N3S/c1-4-14(16)9-15-11(2)17-18(12(15)3)7-5-13-6-8-19-10-13/h6,8,10,14H,4-5,7,9,16H2,1-3H3. The number of rotatable bonds is 6. The maximum Gasteiger partial charge on any atom is 0.0629 e. The second-order valence-electron chi connectivity index (χ2n) is 5.13. The first-order chi connectivity index (χ1) is 9.11. The maximum atomic E-state index is 6.07. The minimum atomic E-state index is 0.243. The zero-order valence-corrected chi connectivity index (χ0v) is 12.8. The molecule has 0 aromatic carbocycles. The first kappa shape index (κ1) is 14.3. The Kier molecular flexibility index (Phi) is 4.77. The van der Waals surface area contributed by atoms with Crippen LogP contribution in [0.15, 0.2) is 16.8 Å². The minimum Gasteiger partial charge on any atom is -0.327 e. The summed E-state index contributed by atoms with van der Waals surface area (Å²) in [5, 5.41) is 9.00. The van der Waals surface area contributed by atoms with E-state index in [1.807, 2.05) is 0 Å². The van der Waals surface area contributed by atoms with Crippen LogP contribution < -0.4 is 5.73 Å². The Morgan fingerprint density at radius 3 is 2.84 bits per heavy atom. The van der Waals surface area contributed by atoms with Gasteiger partial charge >= 0.3 is 0 Å². The molecule has 1 unspecified atom stereocenters. The second-order valence-corrected chi connectivity index (χ2v) is 5.91. The van der Waals surface area contributed by atoms with Gasteiger partial charge in [0.05, 0.1) is 5.69 Å². The van der Waals surface area contributed by atoms with Gasteiger partial charge in [-0.25, -0.2) is 0 Å². The molecule has 0 amide bonds. The largest absolute Gasteiger partial charge is 0.327 e. The molecular formula is C15H23N3S. The van der Waals surface area contributed by atoms with Crippen LogP contribution in [0.25, 0.3) is 0 Å². The summed E-state index contributed by atoms with van der Waals surface area (Å²) in [6, 6.07) is 2.43. The Morgan fingerprint density at radius 2 is 2.21 bits per heavy atom.